The van der Waals surface area contributed by atoms with Crippen LogP contribution < -0.4 is 14.8 Å². The van der Waals surface area contributed by atoms with Crippen molar-refractivity contribution in [1.29, 1.82) is 0 Å². The highest BCUT2D eigenvalue weighted by molar-refractivity contribution is 8.14. The van der Waals surface area contributed by atoms with Gasteiger partial charge in [0, 0.05) is 12.0 Å². The number of ether oxygens (including phenoxy) is 2. The first kappa shape index (κ1) is 28.3. The Hall–Kier alpha value is -2.69. The molecular formula is C28H34N2O6S2. The van der Waals surface area contributed by atoms with Crippen LogP contribution in [0.3, 0.4) is 0 Å². The van der Waals surface area contributed by atoms with Crippen LogP contribution in [0.1, 0.15) is 47.6 Å². The number of benzene rings is 2. The molecule has 2 N–H and O–H groups in total. The quantitative estimate of drug-likeness (QED) is 0.329. The Balaban J connectivity index is 1.45. The summed E-state index contributed by atoms with van der Waals surface area (Å²) in [5.41, 5.74) is 3.53. The van der Waals surface area contributed by atoms with E-state index in [0.29, 0.717) is 30.8 Å². The number of imide groups is 1. The maximum Gasteiger partial charge on any atom is 0.328 e. The molecule has 2 atom stereocenters. The van der Waals surface area contributed by atoms with E-state index in [1.165, 1.54) is 4.90 Å². The number of aromatic hydroxyl groups is 1. The van der Waals surface area contributed by atoms with Gasteiger partial charge in [0.25, 0.3) is 5.24 Å². The SMILES string of the molecule is CSCC[C@H](NC1(C)CCc2c(C)c(O)c(C)c(C)c2O1)C(=O)Oc1ccc(CN2C(=O)CSC2=O)cc1. The largest absolute Gasteiger partial charge is 0.507 e. The second-order valence-corrected chi connectivity index (χ2v) is 11.9. The number of nitrogens with one attached hydrogen (secondary N) is 1. The smallest absolute Gasteiger partial charge is 0.328 e. The van der Waals surface area contributed by atoms with Gasteiger partial charge in [0.15, 0.2) is 5.72 Å². The third-order valence-corrected chi connectivity index (χ3v) is 8.72. The molecule has 2 aliphatic rings. The number of thioether (sulfide) groups is 2. The van der Waals surface area contributed by atoms with Crippen LogP contribution in [0, 0.1) is 20.8 Å². The third-order valence-electron chi connectivity index (χ3n) is 7.22. The molecule has 2 heterocycles. The topological polar surface area (TPSA) is 105 Å². The Morgan fingerprint density at radius 1 is 1.21 bits per heavy atom. The summed E-state index contributed by atoms with van der Waals surface area (Å²) in [6.07, 6.45) is 3.90. The predicted octanol–water partition coefficient (Wildman–Crippen LogP) is 4.87. The predicted molar refractivity (Wildman–Crippen MR) is 150 cm³/mol. The summed E-state index contributed by atoms with van der Waals surface area (Å²) in [6, 6.07) is 6.26. The Morgan fingerprint density at radius 2 is 1.92 bits per heavy atom. The molecule has 4 rings (SSSR count). The van der Waals surface area contributed by atoms with Crippen LogP contribution in [0.15, 0.2) is 24.3 Å². The van der Waals surface area contributed by atoms with Gasteiger partial charge >= 0.3 is 5.97 Å². The van der Waals surface area contributed by atoms with Gasteiger partial charge in [-0.15, -0.1) is 0 Å². The highest BCUT2D eigenvalue weighted by atomic mass is 32.2. The number of amides is 2. The van der Waals surface area contributed by atoms with Crippen molar-refractivity contribution in [3.05, 3.63) is 52.1 Å². The zero-order chi connectivity index (χ0) is 27.6. The molecule has 8 nitrogen and oxygen atoms in total. The van der Waals surface area contributed by atoms with E-state index in [-0.39, 0.29) is 23.4 Å². The first-order valence-electron chi connectivity index (χ1n) is 12.6. The second-order valence-electron chi connectivity index (χ2n) is 9.94. The number of fused-ring (bicyclic) bond motifs is 1. The molecule has 0 bridgehead atoms. The Bertz CT molecular complexity index is 1230. The van der Waals surface area contributed by atoms with Crippen molar-refractivity contribution in [2.75, 3.05) is 17.8 Å². The lowest BCUT2D eigenvalue weighted by Crippen LogP contribution is -2.57. The van der Waals surface area contributed by atoms with Gasteiger partial charge in [-0.1, -0.05) is 23.9 Å². The maximum atomic E-state index is 13.3. The first-order chi connectivity index (χ1) is 18.0. The minimum absolute atomic E-state index is 0.175. The molecule has 0 spiro atoms. The van der Waals surface area contributed by atoms with E-state index in [2.05, 4.69) is 5.32 Å². The molecular weight excluding hydrogens is 524 g/mol. The van der Waals surface area contributed by atoms with Crippen LogP contribution in [-0.2, 0) is 22.6 Å². The van der Waals surface area contributed by atoms with Crippen molar-refractivity contribution in [3.63, 3.8) is 0 Å². The molecule has 2 amide bonds. The van der Waals surface area contributed by atoms with E-state index in [4.69, 9.17) is 9.47 Å². The number of carbonyl (C=O) groups excluding carboxylic acids is 3. The van der Waals surface area contributed by atoms with Crippen LogP contribution in [-0.4, -0.2) is 56.7 Å². The summed E-state index contributed by atoms with van der Waals surface area (Å²) >= 11 is 2.66. The minimum Gasteiger partial charge on any atom is -0.507 e. The van der Waals surface area contributed by atoms with Crippen molar-refractivity contribution in [2.45, 2.75) is 65.3 Å². The molecule has 2 aromatic rings. The van der Waals surface area contributed by atoms with E-state index < -0.39 is 17.7 Å². The lowest BCUT2D eigenvalue weighted by Gasteiger charge is -2.40. The summed E-state index contributed by atoms with van der Waals surface area (Å²) in [7, 11) is 0. The zero-order valence-electron chi connectivity index (χ0n) is 22.4. The highest BCUT2D eigenvalue weighted by Crippen LogP contribution is 2.42. The molecule has 2 aliphatic heterocycles. The van der Waals surface area contributed by atoms with Crippen LogP contribution in [0.4, 0.5) is 4.79 Å². The fraction of sp³-hybridized carbons (Fsp3) is 0.464. The average molecular weight is 559 g/mol. The molecule has 0 aromatic heterocycles. The van der Waals surface area contributed by atoms with Crippen molar-refractivity contribution in [2.24, 2.45) is 0 Å². The molecule has 1 fully saturated rings. The Labute approximate surface area is 231 Å². The van der Waals surface area contributed by atoms with Crippen molar-refractivity contribution in [1.82, 2.24) is 10.2 Å². The third kappa shape index (κ3) is 5.97. The summed E-state index contributed by atoms with van der Waals surface area (Å²) in [5, 5.41) is 13.6. The monoisotopic (exact) mass is 558 g/mol. The number of carbonyl (C=O) groups is 3. The molecule has 2 aromatic carbocycles. The van der Waals surface area contributed by atoms with Crippen molar-refractivity contribution in [3.8, 4) is 17.2 Å². The van der Waals surface area contributed by atoms with Gasteiger partial charge in [-0.3, -0.25) is 19.8 Å². The maximum absolute atomic E-state index is 13.3. The summed E-state index contributed by atoms with van der Waals surface area (Å²) in [5.74, 6) is 1.80. The fourth-order valence-electron chi connectivity index (χ4n) is 4.77. The van der Waals surface area contributed by atoms with E-state index in [1.807, 2.05) is 34.0 Å². The standard InChI is InChI=1S/C28H34N2O6S2/c1-16-17(2)25-21(18(3)24(16)32)10-12-28(4,36-25)29-22(11-13-37-5)26(33)35-20-8-6-19(7-9-20)14-30-23(31)15-38-27(30)34/h6-9,22,29,32H,10-15H2,1-5H3/t22-,28?/m0/s1. The van der Waals surface area contributed by atoms with Gasteiger partial charge in [-0.05, 0) is 86.9 Å². The van der Waals surface area contributed by atoms with Gasteiger partial charge in [-0.2, -0.15) is 11.8 Å². The molecule has 1 saturated heterocycles. The van der Waals surface area contributed by atoms with Gasteiger partial charge in [0.2, 0.25) is 5.91 Å². The second kappa shape index (κ2) is 11.6. The molecule has 204 valence electrons. The van der Waals surface area contributed by atoms with Crippen LogP contribution >= 0.6 is 23.5 Å². The molecule has 38 heavy (non-hydrogen) atoms. The number of phenolic OH excluding ortho intramolecular Hbond substituents is 1. The van der Waals surface area contributed by atoms with Crippen molar-refractivity contribution < 1.29 is 29.0 Å². The van der Waals surface area contributed by atoms with E-state index in [9.17, 15) is 19.5 Å². The number of esters is 1. The van der Waals surface area contributed by atoms with E-state index >= 15 is 0 Å². The van der Waals surface area contributed by atoms with Gasteiger partial charge in [0.05, 0.1) is 12.3 Å². The van der Waals surface area contributed by atoms with Crippen LogP contribution in [0.25, 0.3) is 0 Å². The first-order valence-corrected chi connectivity index (χ1v) is 15.0. The Kier molecular flexibility index (Phi) is 8.64. The number of rotatable bonds is 9. The lowest BCUT2D eigenvalue weighted by molar-refractivity contribution is -0.139. The lowest BCUT2D eigenvalue weighted by atomic mass is 9.90. The van der Waals surface area contributed by atoms with E-state index in [0.717, 1.165) is 51.1 Å². The van der Waals surface area contributed by atoms with Gasteiger partial charge < -0.3 is 14.6 Å². The van der Waals surface area contributed by atoms with Gasteiger partial charge in [0.1, 0.15) is 23.3 Å². The normalized spacial score (nSPS) is 19.8. The molecule has 0 aliphatic carbocycles. The fourth-order valence-corrected chi connectivity index (χ4v) is 5.97. The van der Waals surface area contributed by atoms with Crippen LogP contribution in [0.5, 0.6) is 17.2 Å². The molecule has 10 heteroatoms. The minimum atomic E-state index is -0.785. The number of hydrogen-bond acceptors (Lipinski definition) is 9. The van der Waals surface area contributed by atoms with Crippen LogP contribution in [0.2, 0.25) is 0 Å². The summed E-state index contributed by atoms with van der Waals surface area (Å²) in [6.45, 7) is 7.87. The zero-order valence-corrected chi connectivity index (χ0v) is 24.0. The Morgan fingerprint density at radius 3 is 2.55 bits per heavy atom. The molecule has 1 unspecified atom stereocenters. The average Bonchev–Trinajstić information content (AvgIpc) is 3.21. The molecule has 0 radical (unpaired) electrons. The highest BCUT2D eigenvalue weighted by Gasteiger charge is 2.38. The number of hydrogen-bond donors (Lipinski definition) is 2. The number of phenols is 1. The van der Waals surface area contributed by atoms with Gasteiger partial charge in [-0.25, -0.2) is 4.79 Å². The summed E-state index contributed by atoms with van der Waals surface area (Å²) in [4.78, 5) is 38.2. The molecule has 0 saturated carbocycles. The summed E-state index contributed by atoms with van der Waals surface area (Å²) < 4.78 is 12.2. The van der Waals surface area contributed by atoms with E-state index in [1.54, 1.807) is 36.0 Å². The number of nitrogens with zero attached hydrogens (tertiary/aromatic N) is 1. The van der Waals surface area contributed by atoms with Crippen molar-refractivity contribution >= 4 is 40.6 Å².